The molecule has 2 N–H and O–H groups in total. The van der Waals surface area contributed by atoms with Crippen LogP contribution in [-0.2, 0) is 9.84 Å². The Balaban J connectivity index is 2.52. The van der Waals surface area contributed by atoms with Crippen LogP contribution in [-0.4, -0.2) is 33.5 Å². The Kier molecular flexibility index (Phi) is 4.63. The molecule has 5 nitrogen and oxygen atoms in total. The first-order valence-corrected chi connectivity index (χ1v) is 9.84. The summed E-state index contributed by atoms with van der Waals surface area (Å²) in [4.78, 5) is 14.2. The summed E-state index contributed by atoms with van der Waals surface area (Å²) in [5.41, 5.74) is 6.06. The van der Waals surface area contributed by atoms with Crippen LogP contribution < -0.4 is 10.6 Å². The van der Waals surface area contributed by atoms with Gasteiger partial charge < -0.3 is 10.6 Å². The molecule has 1 aliphatic rings. The Morgan fingerprint density at radius 1 is 1.48 bits per heavy atom. The number of Topliss-reactive ketones (excluding diaryl/α,β-unsaturated/α-hetero) is 1. The lowest BCUT2D eigenvalue weighted by Gasteiger charge is -2.33. The largest absolute Gasteiger partial charge is 0.396 e. The van der Waals surface area contributed by atoms with Gasteiger partial charge in [-0.1, -0.05) is 13.3 Å². The number of anilines is 2. The molecular weight excluding hydrogens is 308 g/mol. The van der Waals surface area contributed by atoms with E-state index in [-0.39, 0.29) is 16.4 Å². The van der Waals surface area contributed by atoms with Crippen molar-refractivity contribution in [1.29, 1.82) is 0 Å². The van der Waals surface area contributed by atoms with E-state index in [9.17, 15) is 13.2 Å². The van der Waals surface area contributed by atoms with Crippen LogP contribution in [0.2, 0.25) is 0 Å². The summed E-state index contributed by atoms with van der Waals surface area (Å²) in [7, 11) is -3.46. The van der Waals surface area contributed by atoms with Crippen molar-refractivity contribution in [2.45, 2.75) is 38.0 Å². The molecule has 21 heavy (non-hydrogen) atoms. The van der Waals surface area contributed by atoms with E-state index in [0.717, 1.165) is 32.2 Å². The van der Waals surface area contributed by atoms with Gasteiger partial charge in [-0.25, -0.2) is 8.42 Å². The Morgan fingerprint density at radius 3 is 2.67 bits per heavy atom. The summed E-state index contributed by atoms with van der Waals surface area (Å²) in [6.45, 7) is 5.21. The second-order valence-electron chi connectivity index (χ2n) is 5.67. The van der Waals surface area contributed by atoms with Crippen molar-refractivity contribution >= 4 is 37.6 Å². The van der Waals surface area contributed by atoms with Crippen molar-refractivity contribution in [3.63, 3.8) is 0 Å². The summed E-state index contributed by atoms with van der Waals surface area (Å²) in [6, 6.07) is 0. The highest BCUT2D eigenvalue weighted by Crippen LogP contribution is 2.43. The Morgan fingerprint density at radius 2 is 2.14 bits per heavy atom. The molecule has 1 atom stereocenters. The maximum absolute atomic E-state index is 12.1. The van der Waals surface area contributed by atoms with Gasteiger partial charge >= 0.3 is 0 Å². The van der Waals surface area contributed by atoms with Crippen LogP contribution in [0.25, 0.3) is 0 Å². The van der Waals surface area contributed by atoms with Crippen LogP contribution in [0.3, 0.4) is 0 Å². The standard InChI is InChI=1S/C14H22N2O3S2/c1-4-10-6-5-7-16(8-10)14-13(21(3,18)19)11(15)12(20-14)9(2)17/h10H,4-8,15H2,1-3H3. The molecule has 0 spiro atoms. The van der Waals surface area contributed by atoms with Crippen LogP contribution in [0.15, 0.2) is 4.90 Å². The summed E-state index contributed by atoms with van der Waals surface area (Å²) in [5, 5.41) is 0.637. The number of piperidine rings is 1. The van der Waals surface area contributed by atoms with Crippen molar-refractivity contribution in [2.75, 3.05) is 30.0 Å². The smallest absolute Gasteiger partial charge is 0.180 e. The number of carbonyl (C=O) groups excluding carboxylic acids is 1. The molecular formula is C14H22N2O3S2. The Bertz CT molecular complexity index is 649. The quantitative estimate of drug-likeness (QED) is 0.858. The van der Waals surface area contributed by atoms with E-state index in [0.29, 0.717) is 15.8 Å². The van der Waals surface area contributed by atoms with Crippen LogP contribution >= 0.6 is 11.3 Å². The van der Waals surface area contributed by atoms with Crippen LogP contribution in [0.5, 0.6) is 0 Å². The first kappa shape index (κ1) is 16.3. The van der Waals surface area contributed by atoms with Gasteiger partial charge in [0.2, 0.25) is 0 Å². The van der Waals surface area contributed by atoms with Gasteiger partial charge in [-0.2, -0.15) is 0 Å². The fourth-order valence-corrected chi connectivity index (χ4v) is 5.47. The lowest BCUT2D eigenvalue weighted by molar-refractivity contribution is 0.102. The molecule has 1 unspecified atom stereocenters. The number of nitrogens with zero attached hydrogens (tertiary/aromatic N) is 1. The molecule has 1 aliphatic heterocycles. The van der Waals surface area contributed by atoms with Crippen molar-refractivity contribution in [1.82, 2.24) is 0 Å². The number of nitrogen functional groups attached to an aromatic ring is 1. The van der Waals surface area contributed by atoms with E-state index in [1.807, 2.05) is 0 Å². The van der Waals surface area contributed by atoms with E-state index < -0.39 is 9.84 Å². The fraction of sp³-hybridized carbons (Fsp3) is 0.643. The summed E-state index contributed by atoms with van der Waals surface area (Å²) >= 11 is 1.21. The molecule has 0 aromatic carbocycles. The third kappa shape index (κ3) is 3.23. The van der Waals surface area contributed by atoms with Crippen LogP contribution in [0.4, 0.5) is 10.7 Å². The van der Waals surface area contributed by atoms with Gasteiger partial charge in [0.15, 0.2) is 15.6 Å². The average molecular weight is 330 g/mol. The fourth-order valence-electron chi connectivity index (χ4n) is 2.83. The number of carbonyl (C=O) groups is 1. The Labute approximate surface area is 130 Å². The molecule has 2 rings (SSSR count). The first-order chi connectivity index (χ1) is 9.75. The zero-order valence-electron chi connectivity index (χ0n) is 12.7. The van der Waals surface area contributed by atoms with E-state index in [4.69, 9.17) is 5.73 Å². The van der Waals surface area contributed by atoms with Gasteiger partial charge in [-0.15, -0.1) is 11.3 Å². The maximum Gasteiger partial charge on any atom is 0.180 e. The molecule has 0 bridgehead atoms. The maximum atomic E-state index is 12.1. The summed E-state index contributed by atoms with van der Waals surface area (Å²) in [5.74, 6) is 0.382. The number of rotatable bonds is 4. The molecule has 0 radical (unpaired) electrons. The average Bonchev–Trinajstić information content (AvgIpc) is 2.76. The molecule has 1 aromatic heterocycles. The highest BCUT2D eigenvalue weighted by Gasteiger charge is 2.30. The summed E-state index contributed by atoms with van der Waals surface area (Å²) < 4.78 is 24.2. The molecule has 0 aliphatic carbocycles. The van der Waals surface area contributed by atoms with Crippen LogP contribution in [0.1, 0.15) is 42.8 Å². The topological polar surface area (TPSA) is 80.5 Å². The number of hydrogen-bond donors (Lipinski definition) is 1. The number of nitrogens with two attached hydrogens (primary N) is 1. The molecule has 0 saturated carbocycles. The zero-order chi connectivity index (χ0) is 15.8. The van der Waals surface area contributed by atoms with E-state index in [1.54, 1.807) is 0 Å². The Hall–Kier alpha value is -1.08. The van der Waals surface area contributed by atoms with Crippen molar-refractivity contribution in [3.05, 3.63) is 4.88 Å². The van der Waals surface area contributed by atoms with E-state index in [2.05, 4.69) is 11.8 Å². The van der Waals surface area contributed by atoms with Gasteiger partial charge in [-0.05, 0) is 18.8 Å². The zero-order valence-corrected chi connectivity index (χ0v) is 14.3. The molecule has 1 fully saturated rings. The molecule has 2 heterocycles. The van der Waals surface area contributed by atoms with Gasteiger partial charge in [0, 0.05) is 26.3 Å². The molecule has 1 aromatic rings. The first-order valence-electron chi connectivity index (χ1n) is 7.13. The number of sulfone groups is 1. The van der Waals surface area contributed by atoms with Gasteiger partial charge in [0.25, 0.3) is 0 Å². The lowest BCUT2D eigenvalue weighted by atomic mass is 9.96. The molecule has 118 valence electrons. The van der Waals surface area contributed by atoms with E-state index in [1.165, 1.54) is 24.7 Å². The minimum atomic E-state index is -3.46. The van der Waals surface area contributed by atoms with Crippen LogP contribution in [0, 0.1) is 5.92 Å². The number of thiophene rings is 1. The normalized spacial score (nSPS) is 19.8. The van der Waals surface area contributed by atoms with Crippen molar-refractivity contribution in [2.24, 2.45) is 5.92 Å². The predicted octanol–water partition coefficient (Wildman–Crippen LogP) is 2.56. The number of hydrogen-bond acceptors (Lipinski definition) is 6. The minimum absolute atomic E-state index is 0.114. The number of ketones is 1. The predicted molar refractivity (Wildman–Crippen MR) is 87.1 cm³/mol. The SMILES string of the molecule is CCC1CCCN(c2sc(C(C)=O)c(N)c2S(C)(=O)=O)C1. The molecule has 7 heteroatoms. The molecule has 1 saturated heterocycles. The van der Waals surface area contributed by atoms with Crippen molar-refractivity contribution < 1.29 is 13.2 Å². The second-order valence-corrected chi connectivity index (χ2v) is 8.62. The van der Waals surface area contributed by atoms with Crippen molar-refractivity contribution in [3.8, 4) is 0 Å². The highest BCUT2D eigenvalue weighted by atomic mass is 32.2. The second kappa shape index (κ2) is 5.96. The van der Waals surface area contributed by atoms with Gasteiger partial charge in [-0.3, -0.25) is 4.79 Å². The van der Waals surface area contributed by atoms with E-state index >= 15 is 0 Å². The third-order valence-corrected chi connectivity index (χ3v) is 6.61. The third-order valence-electron chi connectivity index (χ3n) is 3.96. The van der Waals surface area contributed by atoms with Gasteiger partial charge in [0.1, 0.15) is 9.90 Å². The molecule has 0 amide bonds. The monoisotopic (exact) mass is 330 g/mol. The lowest BCUT2D eigenvalue weighted by Crippen LogP contribution is -2.35. The highest BCUT2D eigenvalue weighted by molar-refractivity contribution is 7.91. The van der Waals surface area contributed by atoms with Gasteiger partial charge in [0.05, 0.1) is 10.6 Å². The minimum Gasteiger partial charge on any atom is -0.396 e. The summed E-state index contributed by atoms with van der Waals surface area (Å²) in [6.07, 6.45) is 4.43.